The topological polar surface area (TPSA) is 54.9 Å². The lowest BCUT2D eigenvalue weighted by Gasteiger charge is -2.11. The zero-order valence-corrected chi connectivity index (χ0v) is 13.4. The minimum Gasteiger partial charge on any atom is -0.382 e. The number of rotatable bonds is 9. The van der Waals surface area contributed by atoms with E-state index in [0.29, 0.717) is 32.9 Å². The van der Waals surface area contributed by atoms with E-state index in [-0.39, 0.29) is 0 Å². The third-order valence-corrected chi connectivity index (χ3v) is 2.86. The highest BCUT2D eigenvalue weighted by molar-refractivity contribution is 6.30. The fourth-order valence-electron chi connectivity index (χ4n) is 1.63. The van der Waals surface area contributed by atoms with Crippen LogP contribution in [-0.4, -0.2) is 46.0 Å². The van der Waals surface area contributed by atoms with Gasteiger partial charge in [-0.1, -0.05) is 23.7 Å². The monoisotopic (exact) mass is 313 g/mol. The second-order valence-electron chi connectivity index (χ2n) is 4.36. The number of nitrogens with zero attached hydrogens (tertiary/aromatic N) is 1. The molecule has 1 rings (SSSR count). The fraction of sp³-hybridized carbons (Fsp3) is 0.533. The van der Waals surface area contributed by atoms with E-state index in [4.69, 9.17) is 21.1 Å². The van der Waals surface area contributed by atoms with Gasteiger partial charge in [-0.15, -0.1) is 0 Å². The van der Waals surface area contributed by atoms with Crippen LogP contribution in [0.1, 0.15) is 12.5 Å². The van der Waals surface area contributed by atoms with Gasteiger partial charge in [0.25, 0.3) is 0 Å². The lowest BCUT2D eigenvalue weighted by molar-refractivity contribution is 0.0733. The summed E-state index contributed by atoms with van der Waals surface area (Å²) in [6.45, 7) is 5.96. The third-order valence-electron chi connectivity index (χ3n) is 2.62. The van der Waals surface area contributed by atoms with Crippen LogP contribution in [0.4, 0.5) is 0 Å². The van der Waals surface area contributed by atoms with Crippen LogP contribution in [0.5, 0.6) is 0 Å². The predicted octanol–water partition coefficient (Wildman–Crippen LogP) is 2.06. The van der Waals surface area contributed by atoms with Gasteiger partial charge in [-0.05, 0) is 24.6 Å². The lowest BCUT2D eigenvalue weighted by atomic mass is 10.2. The number of hydrogen-bond donors (Lipinski definition) is 2. The van der Waals surface area contributed by atoms with Gasteiger partial charge < -0.3 is 20.1 Å². The normalized spacial score (nSPS) is 11.5. The Hall–Kier alpha value is -1.30. The second-order valence-corrected chi connectivity index (χ2v) is 4.79. The molecule has 0 unspecified atom stereocenters. The van der Waals surface area contributed by atoms with E-state index in [9.17, 15) is 0 Å². The van der Waals surface area contributed by atoms with Crippen LogP contribution in [0, 0.1) is 0 Å². The maximum Gasteiger partial charge on any atom is 0.191 e. The standard InChI is InChI=1S/C15H24ClN3O2/c1-3-17-15(18-7-8-21-10-9-20-2)19-12-13-5-4-6-14(16)11-13/h4-6,11H,3,7-10,12H2,1-2H3,(H2,17,18,19). The van der Waals surface area contributed by atoms with Gasteiger partial charge in [0.1, 0.15) is 0 Å². The summed E-state index contributed by atoms with van der Waals surface area (Å²) in [7, 11) is 1.66. The molecule has 118 valence electrons. The van der Waals surface area contributed by atoms with Crippen molar-refractivity contribution in [1.29, 1.82) is 0 Å². The van der Waals surface area contributed by atoms with Crippen LogP contribution >= 0.6 is 11.6 Å². The number of methoxy groups -OCH3 is 1. The minimum absolute atomic E-state index is 0.584. The molecule has 0 radical (unpaired) electrons. The van der Waals surface area contributed by atoms with Crippen molar-refractivity contribution in [3.05, 3.63) is 34.9 Å². The van der Waals surface area contributed by atoms with E-state index in [1.807, 2.05) is 31.2 Å². The number of aliphatic imine (C=N–C) groups is 1. The van der Waals surface area contributed by atoms with E-state index in [1.54, 1.807) is 7.11 Å². The number of guanidine groups is 1. The fourth-order valence-corrected chi connectivity index (χ4v) is 1.85. The summed E-state index contributed by atoms with van der Waals surface area (Å²) in [5, 5.41) is 7.15. The van der Waals surface area contributed by atoms with Crippen molar-refractivity contribution in [3.8, 4) is 0 Å². The van der Waals surface area contributed by atoms with Crippen LogP contribution in [-0.2, 0) is 16.0 Å². The average Bonchev–Trinajstić information content (AvgIpc) is 2.48. The first-order chi connectivity index (χ1) is 10.3. The van der Waals surface area contributed by atoms with Gasteiger partial charge in [0.15, 0.2) is 5.96 Å². The van der Waals surface area contributed by atoms with Gasteiger partial charge in [0.05, 0.1) is 26.4 Å². The van der Waals surface area contributed by atoms with Crippen LogP contribution in [0.25, 0.3) is 0 Å². The summed E-state index contributed by atoms with van der Waals surface area (Å²) in [4.78, 5) is 4.51. The Morgan fingerprint density at radius 1 is 1.24 bits per heavy atom. The first-order valence-electron chi connectivity index (χ1n) is 7.09. The first-order valence-corrected chi connectivity index (χ1v) is 7.47. The SMILES string of the molecule is CCNC(=NCc1cccc(Cl)c1)NCCOCCOC. The number of hydrogen-bond acceptors (Lipinski definition) is 3. The minimum atomic E-state index is 0.584. The molecule has 0 saturated heterocycles. The molecular formula is C15H24ClN3O2. The Bertz CT molecular complexity index is 427. The summed E-state index contributed by atoms with van der Waals surface area (Å²) >= 11 is 5.96. The molecule has 2 N–H and O–H groups in total. The molecule has 0 atom stereocenters. The smallest absolute Gasteiger partial charge is 0.191 e. The van der Waals surface area contributed by atoms with E-state index < -0.39 is 0 Å². The van der Waals surface area contributed by atoms with Gasteiger partial charge in [-0.3, -0.25) is 0 Å². The van der Waals surface area contributed by atoms with E-state index >= 15 is 0 Å². The van der Waals surface area contributed by atoms with Crippen LogP contribution in [0.15, 0.2) is 29.3 Å². The van der Waals surface area contributed by atoms with Crippen LogP contribution in [0.2, 0.25) is 5.02 Å². The number of benzene rings is 1. The van der Waals surface area contributed by atoms with Crippen molar-refractivity contribution >= 4 is 17.6 Å². The molecule has 0 aliphatic rings. The predicted molar refractivity (Wildman–Crippen MR) is 87.0 cm³/mol. The summed E-state index contributed by atoms with van der Waals surface area (Å²) in [5.41, 5.74) is 1.08. The Labute approximate surface area is 131 Å². The van der Waals surface area contributed by atoms with Gasteiger partial charge in [-0.2, -0.15) is 0 Å². The van der Waals surface area contributed by atoms with Crippen molar-refractivity contribution in [2.24, 2.45) is 4.99 Å². The third kappa shape index (κ3) is 8.55. The molecule has 21 heavy (non-hydrogen) atoms. The molecule has 0 spiro atoms. The van der Waals surface area contributed by atoms with Crippen LogP contribution in [0.3, 0.4) is 0 Å². The van der Waals surface area contributed by atoms with Gasteiger partial charge in [0, 0.05) is 25.2 Å². The highest BCUT2D eigenvalue weighted by Gasteiger charge is 1.98. The van der Waals surface area contributed by atoms with Gasteiger partial charge >= 0.3 is 0 Å². The maximum absolute atomic E-state index is 5.96. The Morgan fingerprint density at radius 2 is 2.10 bits per heavy atom. The van der Waals surface area contributed by atoms with E-state index in [0.717, 1.165) is 23.1 Å². The first kappa shape index (κ1) is 17.8. The summed E-state index contributed by atoms with van der Waals surface area (Å²) in [5.74, 6) is 0.771. The molecule has 6 heteroatoms. The summed E-state index contributed by atoms with van der Waals surface area (Å²) < 4.78 is 10.3. The largest absolute Gasteiger partial charge is 0.382 e. The van der Waals surface area contributed by atoms with Crippen molar-refractivity contribution in [1.82, 2.24) is 10.6 Å². The maximum atomic E-state index is 5.96. The van der Waals surface area contributed by atoms with E-state index in [1.165, 1.54) is 0 Å². The molecule has 0 amide bonds. The Balaban J connectivity index is 2.35. The summed E-state index contributed by atoms with van der Waals surface area (Å²) in [6.07, 6.45) is 0. The number of ether oxygens (including phenoxy) is 2. The quantitative estimate of drug-likeness (QED) is 0.416. The van der Waals surface area contributed by atoms with E-state index in [2.05, 4.69) is 15.6 Å². The highest BCUT2D eigenvalue weighted by atomic mass is 35.5. The van der Waals surface area contributed by atoms with Gasteiger partial charge in [-0.25, -0.2) is 4.99 Å². The summed E-state index contributed by atoms with van der Waals surface area (Å²) in [6, 6.07) is 7.71. The Kier molecular flexibility index (Phi) is 9.61. The van der Waals surface area contributed by atoms with Crippen molar-refractivity contribution in [3.63, 3.8) is 0 Å². The average molecular weight is 314 g/mol. The number of nitrogens with one attached hydrogen (secondary N) is 2. The van der Waals surface area contributed by atoms with Crippen molar-refractivity contribution < 1.29 is 9.47 Å². The van der Waals surface area contributed by atoms with Crippen LogP contribution < -0.4 is 10.6 Å². The Morgan fingerprint density at radius 3 is 2.81 bits per heavy atom. The molecule has 0 aliphatic heterocycles. The van der Waals surface area contributed by atoms with Gasteiger partial charge in [0.2, 0.25) is 0 Å². The molecule has 0 aromatic heterocycles. The molecule has 0 bridgehead atoms. The molecule has 1 aromatic carbocycles. The molecule has 0 aliphatic carbocycles. The second kappa shape index (κ2) is 11.4. The molecule has 0 heterocycles. The zero-order valence-electron chi connectivity index (χ0n) is 12.7. The zero-order chi connectivity index (χ0) is 15.3. The highest BCUT2D eigenvalue weighted by Crippen LogP contribution is 2.11. The molecule has 0 fully saturated rings. The molecular weight excluding hydrogens is 290 g/mol. The molecule has 1 aromatic rings. The lowest BCUT2D eigenvalue weighted by Crippen LogP contribution is -2.39. The van der Waals surface area contributed by atoms with Crippen molar-refractivity contribution in [2.75, 3.05) is 40.0 Å². The molecule has 5 nitrogen and oxygen atoms in total. The van der Waals surface area contributed by atoms with Crippen molar-refractivity contribution in [2.45, 2.75) is 13.5 Å². The number of halogens is 1. The molecule has 0 saturated carbocycles.